The first kappa shape index (κ1) is 28.1. The maximum atomic E-state index is 13.5. The van der Waals surface area contributed by atoms with Crippen LogP contribution in [0, 0.1) is 16.7 Å². The summed E-state index contributed by atoms with van der Waals surface area (Å²) in [5.41, 5.74) is -0.431. The standard InChI is InChI=1S/C25H36N4O6/c1-24(2,3)20(28-23(34)35-25(4,5)6)22(33)29-13-17(31)11-19(29)21(32)27-18(14-30)16-9-7-15(12-26)8-10-16/h7-10,17-20,30-31H,11,13-14H2,1-6H3,(H,27,32)(H,28,34)/t17-,18+,19+,20-/m1/s1. The molecule has 35 heavy (non-hydrogen) atoms. The molecule has 192 valence electrons. The van der Waals surface area contributed by atoms with Crippen molar-refractivity contribution in [2.45, 2.75) is 77.8 Å². The average Bonchev–Trinajstić information content (AvgIpc) is 3.15. The van der Waals surface area contributed by atoms with Crippen LogP contribution in [0.3, 0.4) is 0 Å². The lowest BCUT2D eigenvalue weighted by Crippen LogP contribution is -2.58. The lowest BCUT2D eigenvalue weighted by Gasteiger charge is -2.36. The summed E-state index contributed by atoms with van der Waals surface area (Å²) in [5, 5.41) is 34.4. The van der Waals surface area contributed by atoms with Crippen molar-refractivity contribution in [3.05, 3.63) is 35.4 Å². The molecule has 10 heteroatoms. The summed E-state index contributed by atoms with van der Waals surface area (Å²) in [4.78, 5) is 40.4. The fraction of sp³-hybridized carbons (Fsp3) is 0.600. The molecule has 0 saturated carbocycles. The first-order valence-corrected chi connectivity index (χ1v) is 11.6. The molecule has 0 aromatic heterocycles. The number of benzene rings is 1. The largest absolute Gasteiger partial charge is 0.444 e. The number of nitrogens with zero attached hydrogens (tertiary/aromatic N) is 2. The van der Waals surface area contributed by atoms with Crippen LogP contribution in [0.5, 0.6) is 0 Å². The minimum Gasteiger partial charge on any atom is -0.444 e. The van der Waals surface area contributed by atoms with Gasteiger partial charge in [0.1, 0.15) is 17.7 Å². The molecule has 4 atom stereocenters. The van der Waals surface area contributed by atoms with Gasteiger partial charge in [0, 0.05) is 13.0 Å². The second-order valence-electron chi connectivity index (χ2n) is 10.8. The van der Waals surface area contributed by atoms with Crippen LogP contribution in [0.15, 0.2) is 24.3 Å². The molecule has 3 amide bonds. The molecule has 2 rings (SSSR count). The molecule has 0 aliphatic carbocycles. The molecule has 4 N–H and O–H groups in total. The number of hydrogen-bond acceptors (Lipinski definition) is 7. The zero-order chi connectivity index (χ0) is 26.6. The van der Waals surface area contributed by atoms with E-state index in [0.29, 0.717) is 11.1 Å². The Balaban J connectivity index is 2.22. The van der Waals surface area contributed by atoms with Crippen LogP contribution in [0.1, 0.15) is 65.1 Å². The van der Waals surface area contributed by atoms with Gasteiger partial charge >= 0.3 is 6.09 Å². The zero-order valence-electron chi connectivity index (χ0n) is 21.2. The van der Waals surface area contributed by atoms with Crippen molar-refractivity contribution in [2.24, 2.45) is 5.41 Å². The van der Waals surface area contributed by atoms with Gasteiger partial charge in [-0.1, -0.05) is 32.9 Å². The quantitative estimate of drug-likeness (QED) is 0.475. The maximum Gasteiger partial charge on any atom is 0.408 e. The summed E-state index contributed by atoms with van der Waals surface area (Å²) in [6.07, 6.45) is -1.65. The third-order valence-corrected chi connectivity index (χ3v) is 5.58. The molecule has 1 aromatic rings. The predicted molar refractivity (Wildman–Crippen MR) is 128 cm³/mol. The van der Waals surface area contributed by atoms with E-state index in [2.05, 4.69) is 10.6 Å². The van der Waals surface area contributed by atoms with Gasteiger partial charge in [0.2, 0.25) is 11.8 Å². The molecule has 1 heterocycles. The lowest BCUT2D eigenvalue weighted by molar-refractivity contribution is -0.142. The molecule has 0 radical (unpaired) electrons. The minimum atomic E-state index is -1.01. The van der Waals surface area contributed by atoms with Gasteiger partial charge in [0.05, 0.1) is 30.4 Å². The number of nitrogens with one attached hydrogen (secondary N) is 2. The van der Waals surface area contributed by atoms with E-state index in [4.69, 9.17) is 10.00 Å². The van der Waals surface area contributed by atoms with E-state index in [1.54, 1.807) is 65.8 Å². The van der Waals surface area contributed by atoms with E-state index in [9.17, 15) is 24.6 Å². The summed E-state index contributed by atoms with van der Waals surface area (Å²) in [6, 6.07) is 5.67. The van der Waals surface area contributed by atoms with Crippen molar-refractivity contribution < 1.29 is 29.3 Å². The second-order valence-corrected chi connectivity index (χ2v) is 10.8. The van der Waals surface area contributed by atoms with E-state index in [0.717, 1.165) is 0 Å². The lowest BCUT2D eigenvalue weighted by atomic mass is 9.85. The highest BCUT2D eigenvalue weighted by Gasteiger charge is 2.45. The van der Waals surface area contributed by atoms with Gasteiger partial charge in [-0.05, 0) is 43.9 Å². The van der Waals surface area contributed by atoms with Gasteiger partial charge < -0.3 is 30.5 Å². The van der Waals surface area contributed by atoms with Crippen LogP contribution in [-0.4, -0.2) is 70.0 Å². The Labute approximate surface area is 206 Å². The molecule has 0 unspecified atom stereocenters. The zero-order valence-corrected chi connectivity index (χ0v) is 21.2. The Kier molecular flexibility index (Phi) is 8.87. The van der Waals surface area contributed by atoms with Gasteiger partial charge in [0.25, 0.3) is 0 Å². The Hall–Kier alpha value is -3.16. The highest BCUT2D eigenvalue weighted by Crippen LogP contribution is 2.27. The van der Waals surface area contributed by atoms with Crippen molar-refractivity contribution in [1.29, 1.82) is 5.26 Å². The van der Waals surface area contributed by atoms with Crippen LogP contribution >= 0.6 is 0 Å². The van der Waals surface area contributed by atoms with Crippen LogP contribution in [0.25, 0.3) is 0 Å². The van der Waals surface area contributed by atoms with E-state index < -0.39 is 59.8 Å². The number of amides is 3. The third-order valence-electron chi connectivity index (χ3n) is 5.58. The highest BCUT2D eigenvalue weighted by molar-refractivity contribution is 5.92. The Morgan fingerprint density at radius 2 is 1.74 bits per heavy atom. The van der Waals surface area contributed by atoms with E-state index >= 15 is 0 Å². The number of ether oxygens (including phenoxy) is 1. The number of aliphatic hydroxyl groups is 2. The van der Waals surface area contributed by atoms with Gasteiger partial charge in [-0.2, -0.15) is 5.26 Å². The summed E-state index contributed by atoms with van der Waals surface area (Å²) in [7, 11) is 0. The number of aliphatic hydroxyl groups excluding tert-OH is 2. The fourth-order valence-electron chi connectivity index (χ4n) is 3.84. The second kappa shape index (κ2) is 11.1. The van der Waals surface area contributed by atoms with Gasteiger partial charge in [-0.25, -0.2) is 4.79 Å². The molecular formula is C25H36N4O6. The maximum absolute atomic E-state index is 13.5. The summed E-state index contributed by atoms with van der Waals surface area (Å²) in [6.45, 7) is 10.0. The van der Waals surface area contributed by atoms with Crippen LogP contribution < -0.4 is 10.6 Å². The summed E-state index contributed by atoms with van der Waals surface area (Å²) in [5.74, 6) is -1.05. The monoisotopic (exact) mass is 488 g/mol. The molecule has 0 bridgehead atoms. The number of hydrogen-bond donors (Lipinski definition) is 4. The number of carbonyl (C=O) groups is 3. The number of β-amino-alcohol motifs (C(OH)–C–C–N with tert-alkyl or cyclic N) is 1. The Bertz CT molecular complexity index is 958. The van der Waals surface area contributed by atoms with E-state index in [1.165, 1.54) is 4.90 Å². The number of nitriles is 1. The van der Waals surface area contributed by atoms with Crippen molar-refractivity contribution in [1.82, 2.24) is 15.5 Å². The van der Waals surface area contributed by atoms with Gasteiger partial charge in [-0.15, -0.1) is 0 Å². The van der Waals surface area contributed by atoms with Crippen molar-refractivity contribution in [3.8, 4) is 6.07 Å². The Morgan fingerprint density at radius 1 is 1.14 bits per heavy atom. The average molecular weight is 489 g/mol. The Morgan fingerprint density at radius 3 is 2.23 bits per heavy atom. The van der Waals surface area contributed by atoms with Crippen molar-refractivity contribution >= 4 is 17.9 Å². The van der Waals surface area contributed by atoms with Crippen LogP contribution in [0.4, 0.5) is 4.79 Å². The molecule has 10 nitrogen and oxygen atoms in total. The molecular weight excluding hydrogens is 452 g/mol. The number of alkyl carbamates (subject to hydrolysis) is 1. The summed E-state index contributed by atoms with van der Waals surface area (Å²) >= 11 is 0. The van der Waals surface area contributed by atoms with Gasteiger partial charge in [-0.3, -0.25) is 9.59 Å². The molecule has 1 saturated heterocycles. The fourth-order valence-corrected chi connectivity index (χ4v) is 3.84. The smallest absolute Gasteiger partial charge is 0.408 e. The topological polar surface area (TPSA) is 152 Å². The normalized spacial score (nSPS) is 19.9. The molecule has 1 aromatic carbocycles. The highest BCUT2D eigenvalue weighted by atomic mass is 16.6. The first-order chi connectivity index (χ1) is 16.2. The van der Waals surface area contributed by atoms with E-state index in [-0.39, 0.29) is 13.0 Å². The first-order valence-electron chi connectivity index (χ1n) is 11.6. The van der Waals surface area contributed by atoms with E-state index in [1.807, 2.05) is 6.07 Å². The van der Waals surface area contributed by atoms with Gasteiger partial charge in [0.15, 0.2) is 0 Å². The number of rotatable bonds is 6. The molecule has 1 fully saturated rings. The van der Waals surface area contributed by atoms with Crippen molar-refractivity contribution in [2.75, 3.05) is 13.2 Å². The third kappa shape index (κ3) is 7.67. The number of likely N-dealkylation sites (tertiary alicyclic amines) is 1. The SMILES string of the molecule is CC(C)(C)OC(=O)N[C@H](C(=O)N1C[C@H](O)C[C@H]1C(=O)N[C@@H](CO)c1ccc(C#N)cc1)C(C)(C)C. The van der Waals surface area contributed by atoms with Crippen LogP contribution in [-0.2, 0) is 14.3 Å². The summed E-state index contributed by atoms with van der Waals surface area (Å²) < 4.78 is 5.31. The molecule has 0 spiro atoms. The molecule has 1 aliphatic rings. The van der Waals surface area contributed by atoms with Crippen LogP contribution in [0.2, 0.25) is 0 Å². The predicted octanol–water partition coefficient (Wildman–Crippen LogP) is 1.61. The molecule has 1 aliphatic heterocycles. The minimum absolute atomic E-state index is 0.0202. The van der Waals surface area contributed by atoms with Crippen molar-refractivity contribution in [3.63, 3.8) is 0 Å². The number of carbonyl (C=O) groups excluding carboxylic acids is 3.